The van der Waals surface area contributed by atoms with Gasteiger partial charge in [0.1, 0.15) is 16.5 Å². The first-order chi connectivity index (χ1) is 12.8. The van der Waals surface area contributed by atoms with Gasteiger partial charge in [0.15, 0.2) is 11.5 Å². The molecular weight excluding hydrogens is 382 g/mol. The fourth-order valence-corrected chi connectivity index (χ4v) is 2.99. The summed E-state index contributed by atoms with van der Waals surface area (Å²) in [5.41, 5.74) is 2.00. The standard InChI is InChI=1S/C17H18F2N2O5S/c1-3-8-26-14-7-4-11(9-15(14)25-2)17(22)20-21-27(23,24)16-10-12(18)5-6-13(16)19/h4-7,9-10,21H,3,8H2,1-2H3,(H,20,22). The van der Waals surface area contributed by atoms with Gasteiger partial charge in [-0.15, -0.1) is 4.83 Å². The molecule has 1 amide bonds. The molecule has 2 aromatic carbocycles. The van der Waals surface area contributed by atoms with Gasteiger partial charge in [0.25, 0.3) is 15.9 Å². The third-order valence-electron chi connectivity index (χ3n) is 3.37. The minimum atomic E-state index is -4.51. The summed E-state index contributed by atoms with van der Waals surface area (Å²) in [6, 6.07) is 6.22. The Labute approximate surface area is 155 Å². The van der Waals surface area contributed by atoms with Crippen LogP contribution in [0.2, 0.25) is 0 Å². The number of carbonyl (C=O) groups excluding carboxylic acids is 1. The van der Waals surface area contributed by atoms with Crippen LogP contribution in [0.25, 0.3) is 0 Å². The van der Waals surface area contributed by atoms with E-state index >= 15 is 0 Å². The molecule has 0 aromatic heterocycles. The van der Waals surface area contributed by atoms with Crippen molar-refractivity contribution in [1.82, 2.24) is 10.3 Å². The number of benzene rings is 2. The van der Waals surface area contributed by atoms with Gasteiger partial charge in [0, 0.05) is 5.56 Å². The Morgan fingerprint density at radius 2 is 1.85 bits per heavy atom. The van der Waals surface area contributed by atoms with E-state index in [2.05, 4.69) is 0 Å². The van der Waals surface area contributed by atoms with Crippen molar-refractivity contribution < 1.29 is 31.5 Å². The van der Waals surface area contributed by atoms with E-state index < -0.39 is 32.5 Å². The molecule has 7 nitrogen and oxygen atoms in total. The van der Waals surface area contributed by atoms with Crippen LogP contribution in [-0.4, -0.2) is 28.0 Å². The van der Waals surface area contributed by atoms with E-state index in [0.717, 1.165) is 12.5 Å². The van der Waals surface area contributed by atoms with Gasteiger partial charge in [-0.2, -0.15) is 0 Å². The Bertz CT molecular complexity index is 935. The summed E-state index contributed by atoms with van der Waals surface area (Å²) in [4.78, 5) is 13.0. The first-order valence-electron chi connectivity index (χ1n) is 7.86. The lowest BCUT2D eigenvalue weighted by Gasteiger charge is -2.12. The largest absolute Gasteiger partial charge is 0.493 e. The molecule has 0 unspecified atom stereocenters. The molecule has 2 N–H and O–H groups in total. The minimum absolute atomic E-state index is 0.0677. The molecular formula is C17H18F2N2O5S. The van der Waals surface area contributed by atoms with Crippen molar-refractivity contribution >= 4 is 15.9 Å². The van der Waals surface area contributed by atoms with Crippen LogP contribution in [-0.2, 0) is 10.0 Å². The topological polar surface area (TPSA) is 93.7 Å². The quantitative estimate of drug-likeness (QED) is 0.664. The van der Waals surface area contributed by atoms with E-state index in [-0.39, 0.29) is 11.3 Å². The lowest BCUT2D eigenvalue weighted by molar-refractivity contribution is 0.0944. The predicted octanol–water partition coefficient (Wildman–Crippen LogP) is 2.39. The molecule has 0 spiro atoms. The Morgan fingerprint density at radius 1 is 1.11 bits per heavy atom. The number of ether oxygens (including phenoxy) is 2. The number of carbonyl (C=O) groups is 1. The van der Waals surface area contributed by atoms with E-state index in [1.54, 1.807) is 4.83 Å². The lowest BCUT2D eigenvalue weighted by atomic mass is 10.2. The van der Waals surface area contributed by atoms with Crippen LogP contribution in [0.1, 0.15) is 23.7 Å². The highest BCUT2D eigenvalue weighted by molar-refractivity contribution is 7.89. The summed E-state index contributed by atoms with van der Waals surface area (Å²) in [6.07, 6.45) is 0.782. The number of hydrogen-bond donors (Lipinski definition) is 2. The highest BCUT2D eigenvalue weighted by Crippen LogP contribution is 2.28. The molecule has 0 bridgehead atoms. The maximum Gasteiger partial charge on any atom is 0.266 e. The van der Waals surface area contributed by atoms with Gasteiger partial charge in [-0.25, -0.2) is 17.2 Å². The first kappa shape index (κ1) is 20.6. The van der Waals surface area contributed by atoms with Crippen molar-refractivity contribution in [3.63, 3.8) is 0 Å². The number of amides is 1. The van der Waals surface area contributed by atoms with Crippen molar-refractivity contribution in [2.45, 2.75) is 18.2 Å². The highest BCUT2D eigenvalue weighted by atomic mass is 32.2. The molecule has 0 aliphatic heterocycles. The number of halogens is 2. The fourth-order valence-electron chi connectivity index (χ4n) is 2.06. The maximum absolute atomic E-state index is 13.6. The first-order valence-corrected chi connectivity index (χ1v) is 9.35. The average Bonchev–Trinajstić information content (AvgIpc) is 2.66. The molecule has 27 heavy (non-hydrogen) atoms. The minimum Gasteiger partial charge on any atom is -0.493 e. The summed E-state index contributed by atoms with van der Waals surface area (Å²) in [6.45, 7) is 2.39. The number of nitrogens with one attached hydrogen (secondary N) is 2. The Hall–Kier alpha value is -2.72. The van der Waals surface area contributed by atoms with Crippen LogP contribution in [0, 0.1) is 11.6 Å². The second kappa shape index (κ2) is 8.78. The van der Waals surface area contributed by atoms with Gasteiger partial charge in [-0.05, 0) is 42.8 Å². The van der Waals surface area contributed by atoms with Gasteiger partial charge >= 0.3 is 0 Å². The van der Waals surface area contributed by atoms with Gasteiger partial charge in [-0.3, -0.25) is 10.2 Å². The zero-order valence-electron chi connectivity index (χ0n) is 14.6. The van der Waals surface area contributed by atoms with Crippen LogP contribution in [0.3, 0.4) is 0 Å². The molecule has 0 aliphatic rings. The summed E-state index contributed by atoms with van der Waals surface area (Å²) < 4.78 is 61.5. The zero-order valence-corrected chi connectivity index (χ0v) is 15.4. The SMILES string of the molecule is CCCOc1ccc(C(=O)NNS(=O)(=O)c2cc(F)ccc2F)cc1OC. The van der Waals surface area contributed by atoms with E-state index in [1.807, 2.05) is 12.3 Å². The van der Waals surface area contributed by atoms with Crippen LogP contribution in [0.5, 0.6) is 11.5 Å². The Balaban J connectivity index is 2.14. The predicted molar refractivity (Wildman–Crippen MR) is 92.9 cm³/mol. The molecule has 0 saturated carbocycles. The molecule has 0 fully saturated rings. The van der Waals surface area contributed by atoms with Crippen molar-refractivity contribution in [3.8, 4) is 11.5 Å². The maximum atomic E-state index is 13.6. The van der Waals surface area contributed by atoms with E-state index in [4.69, 9.17) is 9.47 Å². The molecule has 0 heterocycles. The average molecular weight is 400 g/mol. The third kappa shape index (κ3) is 5.14. The van der Waals surface area contributed by atoms with Crippen molar-refractivity contribution in [3.05, 3.63) is 53.6 Å². The molecule has 0 atom stereocenters. The molecule has 2 aromatic rings. The van der Waals surface area contributed by atoms with Gasteiger partial charge < -0.3 is 9.47 Å². The Morgan fingerprint density at radius 3 is 2.52 bits per heavy atom. The summed E-state index contributed by atoms with van der Waals surface area (Å²) >= 11 is 0. The van der Waals surface area contributed by atoms with Gasteiger partial charge in [0.2, 0.25) is 0 Å². The summed E-state index contributed by atoms with van der Waals surface area (Å²) in [5, 5.41) is 0. The normalized spacial score (nSPS) is 11.1. The molecule has 2 rings (SSSR count). The second-order valence-corrected chi connectivity index (χ2v) is 7.00. The van der Waals surface area contributed by atoms with E-state index in [0.29, 0.717) is 24.5 Å². The third-order valence-corrected chi connectivity index (χ3v) is 4.63. The van der Waals surface area contributed by atoms with Crippen LogP contribution < -0.4 is 19.7 Å². The number of sulfonamides is 1. The van der Waals surface area contributed by atoms with E-state index in [1.165, 1.54) is 25.3 Å². The molecule has 146 valence electrons. The number of rotatable bonds is 8. The molecule has 10 heteroatoms. The van der Waals surface area contributed by atoms with Gasteiger partial charge in [0.05, 0.1) is 13.7 Å². The van der Waals surface area contributed by atoms with Crippen molar-refractivity contribution in [2.75, 3.05) is 13.7 Å². The number of methoxy groups -OCH3 is 1. The summed E-state index contributed by atoms with van der Waals surface area (Å²) in [5.74, 6) is -2.20. The number of hydrogen-bond acceptors (Lipinski definition) is 5. The fraction of sp³-hybridized carbons (Fsp3) is 0.235. The molecule has 0 saturated heterocycles. The Kier molecular flexibility index (Phi) is 6.70. The van der Waals surface area contributed by atoms with E-state index in [9.17, 15) is 22.0 Å². The highest BCUT2D eigenvalue weighted by Gasteiger charge is 2.21. The lowest BCUT2D eigenvalue weighted by Crippen LogP contribution is -2.41. The van der Waals surface area contributed by atoms with Gasteiger partial charge in [-0.1, -0.05) is 6.92 Å². The van der Waals surface area contributed by atoms with Crippen LogP contribution >= 0.6 is 0 Å². The zero-order chi connectivity index (χ0) is 20.0. The monoisotopic (exact) mass is 400 g/mol. The second-order valence-electron chi connectivity index (χ2n) is 5.35. The smallest absolute Gasteiger partial charge is 0.266 e. The van der Waals surface area contributed by atoms with Crippen LogP contribution in [0.4, 0.5) is 8.78 Å². The summed E-state index contributed by atoms with van der Waals surface area (Å²) in [7, 11) is -3.11. The van der Waals surface area contributed by atoms with Crippen LogP contribution in [0.15, 0.2) is 41.3 Å². The molecule has 0 aliphatic carbocycles. The number of hydrazine groups is 1. The van der Waals surface area contributed by atoms with Crippen molar-refractivity contribution in [1.29, 1.82) is 0 Å². The molecule has 0 radical (unpaired) electrons. The van der Waals surface area contributed by atoms with Crippen molar-refractivity contribution in [2.24, 2.45) is 0 Å².